The van der Waals surface area contributed by atoms with Gasteiger partial charge in [-0.25, -0.2) is 0 Å². The molecule has 0 bridgehead atoms. The van der Waals surface area contributed by atoms with E-state index in [2.05, 4.69) is 27.7 Å². The van der Waals surface area contributed by atoms with Crippen molar-refractivity contribution in [2.24, 2.45) is 0 Å². The van der Waals surface area contributed by atoms with E-state index in [0.717, 1.165) is 154 Å². The van der Waals surface area contributed by atoms with Crippen molar-refractivity contribution in [1.82, 2.24) is 0 Å². The maximum atomic E-state index is 12.7. The van der Waals surface area contributed by atoms with E-state index < -0.39 is 0 Å². The number of unbranched alkanes of at least 4 members (excludes halogenated alkanes) is 39. The minimum absolute atomic E-state index is 0.00240. The largest absolute Gasteiger partial charge is 0.466 e. The molecule has 0 aromatic rings. The van der Waals surface area contributed by atoms with Crippen molar-refractivity contribution in [2.45, 2.75) is 387 Å². The summed E-state index contributed by atoms with van der Waals surface area (Å²) in [6.07, 6.45) is 60.4. The second kappa shape index (κ2) is 60.1. The molecule has 74 heavy (non-hydrogen) atoms. The minimum atomic E-state index is -0.0621. The molecular weight excluding hydrogens is 921 g/mol. The molecule has 0 aliphatic heterocycles. The van der Waals surface area contributed by atoms with Gasteiger partial charge in [0.05, 0.1) is 13.2 Å². The van der Waals surface area contributed by atoms with Crippen molar-refractivity contribution in [2.75, 3.05) is 13.2 Å². The van der Waals surface area contributed by atoms with Crippen molar-refractivity contribution in [3.63, 3.8) is 0 Å². The number of hydrogen-bond acceptors (Lipinski definition) is 8. The van der Waals surface area contributed by atoms with Crippen LogP contribution in [0.1, 0.15) is 374 Å². The summed E-state index contributed by atoms with van der Waals surface area (Å²) in [5, 5.41) is 0. The smallest absolute Gasteiger partial charge is 0.306 e. The van der Waals surface area contributed by atoms with Crippen LogP contribution in [-0.2, 0) is 38.1 Å². The predicted octanol–water partition coefficient (Wildman–Crippen LogP) is 21.0. The lowest BCUT2D eigenvalue weighted by Gasteiger charge is -2.18. The molecule has 0 saturated heterocycles. The molecule has 0 radical (unpaired) electrons. The van der Waals surface area contributed by atoms with Gasteiger partial charge in [-0.15, -0.1) is 0 Å². The molecule has 2 unspecified atom stereocenters. The first-order valence-corrected chi connectivity index (χ1v) is 33.1. The molecule has 0 saturated carbocycles. The molecule has 8 nitrogen and oxygen atoms in total. The SMILES string of the molecule is CCCCCCCCCC(=O)OC(CCCCCCCC)CCCCCCCCC(=O)OCCCCCCCCCCOC(=O)CCCCCCCC(CCCCCCCCC)OC(=O)CCCCCCCCC. The van der Waals surface area contributed by atoms with E-state index in [4.69, 9.17) is 18.9 Å². The highest BCUT2D eigenvalue weighted by molar-refractivity contribution is 5.70. The second-order valence-electron chi connectivity index (χ2n) is 22.7. The molecule has 0 aliphatic rings. The van der Waals surface area contributed by atoms with Gasteiger partial charge in [0, 0.05) is 25.7 Å². The average Bonchev–Trinajstić information content (AvgIpc) is 3.39. The Balaban J connectivity index is 3.89. The lowest BCUT2D eigenvalue weighted by molar-refractivity contribution is -0.151. The Morgan fingerprint density at radius 2 is 0.419 bits per heavy atom. The van der Waals surface area contributed by atoms with E-state index in [0.29, 0.717) is 38.9 Å². The summed E-state index contributed by atoms with van der Waals surface area (Å²) >= 11 is 0. The Morgan fingerprint density at radius 3 is 0.662 bits per heavy atom. The van der Waals surface area contributed by atoms with Gasteiger partial charge in [-0.05, 0) is 89.9 Å². The average molecular weight is 1050 g/mol. The fourth-order valence-electron chi connectivity index (χ4n) is 10.2. The Morgan fingerprint density at radius 1 is 0.230 bits per heavy atom. The topological polar surface area (TPSA) is 105 Å². The quantitative estimate of drug-likeness (QED) is 0.0337. The lowest BCUT2D eigenvalue weighted by atomic mass is 10.0. The van der Waals surface area contributed by atoms with Gasteiger partial charge in [0.1, 0.15) is 12.2 Å². The zero-order chi connectivity index (χ0) is 53.9. The molecule has 0 fully saturated rings. The summed E-state index contributed by atoms with van der Waals surface area (Å²) in [6, 6.07) is 0. The minimum Gasteiger partial charge on any atom is -0.466 e. The predicted molar refractivity (Wildman–Crippen MR) is 314 cm³/mol. The summed E-state index contributed by atoms with van der Waals surface area (Å²) < 4.78 is 23.1. The van der Waals surface area contributed by atoms with Gasteiger partial charge in [0.2, 0.25) is 0 Å². The van der Waals surface area contributed by atoms with E-state index in [-0.39, 0.29) is 36.1 Å². The van der Waals surface area contributed by atoms with Gasteiger partial charge in [0.25, 0.3) is 0 Å². The summed E-state index contributed by atoms with van der Waals surface area (Å²) in [4.78, 5) is 49.9. The van der Waals surface area contributed by atoms with Crippen molar-refractivity contribution < 1.29 is 38.1 Å². The van der Waals surface area contributed by atoms with Crippen molar-refractivity contribution in [3.8, 4) is 0 Å². The molecule has 2 atom stereocenters. The molecule has 0 heterocycles. The van der Waals surface area contributed by atoms with Crippen LogP contribution < -0.4 is 0 Å². The number of ether oxygens (including phenoxy) is 4. The lowest BCUT2D eigenvalue weighted by Crippen LogP contribution is -2.18. The first-order valence-electron chi connectivity index (χ1n) is 33.1. The normalized spacial score (nSPS) is 12.2. The van der Waals surface area contributed by atoms with E-state index in [1.807, 2.05) is 0 Å². The van der Waals surface area contributed by atoms with Gasteiger partial charge >= 0.3 is 23.9 Å². The third kappa shape index (κ3) is 56.1. The van der Waals surface area contributed by atoms with Crippen LogP contribution in [-0.4, -0.2) is 49.3 Å². The third-order valence-corrected chi connectivity index (χ3v) is 15.2. The third-order valence-electron chi connectivity index (χ3n) is 15.2. The fraction of sp³-hybridized carbons (Fsp3) is 0.939. The van der Waals surface area contributed by atoms with Crippen LogP contribution >= 0.6 is 0 Å². The number of rotatable bonds is 61. The van der Waals surface area contributed by atoms with E-state index in [1.165, 1.54) is 167 Å². The summed E-state index contributed by atoms with van der Waals surface area (Å²) in [5.74, 6) is -0.106. The first-order chi connectivity index (χ1) is 36.4. The molecular formula is C66H126O8. The van der Waals surface area contributed by atoms with Crippen LogP contribution in [0, 0.1) is 0 Å². The first kappa shape index (κ1) is 71.9. The zero-order valence-corrected chi connectivity index (χ0v) is 50.0. The Bertz CT molecular complexity index is 1190. The van der Waals surface area contributed by atoms with Crippen LogP contribution in [0.4, 0.5) is 0 Å². The van der Waals surface area contributed by atoms with Crippen LogP contribution in [0.5, 0.6) is 0 Å². The molecule has 0 N–H and O–H groups in total. The highest BCUT2D eigenvalue weighted by atomic mass is 16.6. The number of carbonyl (C=O) groups excluding carboxylic acids is 4. The van der Waals surface area contributed by atoms with Gasteiger partial charge in [-0.1, -0.05) is 259 Å². The monoisotopic (exact) mass is 1050 g/mol. The Kier molecular flexibility index (Phi) is 58.4. The van der Waals surface area contributed by atoms with Crippen molar-refractivity contribution >= 4 is 23.9 Å². The number of hydrogen-bond donors (Lipinski definition) is 0. The Labute approximate surface area is 460 Å². The van der Waals surface area contributed by atoms with E-state index in [9.17, 15) is 19.2 Å². The van der Waals surface area contributed by atoms with Crippen LogP contribution in [0.2, 0.25) is 0 Å². The number of esters is 4. The van der Waals surface area contributed by atoms with Gasteiger partial charge < -0.3 is 18.9 Å². The standard InChI is InChI=1S/C66H126O8/c1-5-9-13-17-23-32-42-52-62(74-66(70)58-48-37-25-19-15-11-7-3)54-44-34-30-38-46-56-64(68)72-60-50-40-29-22-21-28-39-49-59-71-63(67)55-45-35-27-26-33-43-53-61(51-41-31-20-16-12-8-4)73-65(69)57-47-36-24-18-14-10-6-2/h61-62H,5-60H2,1-4H3. The van der Waals surface area contributed by atoms with E-state index in [1.54, 1.807) is 0 Å². The van der Waals surface area contributed by atoms with Gasteiger partial charge in [0.15, 0.2) is 0 Å². The van der Waals surface area contributed by atoms with Gasteiger partial charge in [-0.3, -0.25) is 19.2 Å². The van der Waals surface area contributed by atoms with Crippen LogP contribution in [0.3, 0.4) is 0 Å². The number of carbonyl (C=O) groups is 4. The highest BCUT2D eigenvalue weighted by Crippen LogP contribution is 2.21. The zero-order valence-electron chi connectivity index (χ0n) is 50.0. The summed E-state index contributed by atoms with van der Waals surface area (Å²) in [6.45, 7) is 10.1. The molecule has 0 aromatic heterocycles. The molecule has 8 heteroatoms. The molecule has 0 spiro atoms. The molecule has 0 amide bonds. The highest BCUT2D eigenvalue weighted by Gasteiger charge is 2.16. The summed E-state index contributed by atoms with van der Waals surface area (Å²) in [7, 11) is 0. The van der Waals surface area contributed by atoms with Crippen LogP contribution in [0.25, 0.3) is 0 Å². The molecule has 0 aromatic carbocycles. The molecule has 0 rings (SSSR count). The molecule has 438 valence electrons. The maximum Gasteiger partial charge on any atom is 0.306 e. The second-order valence-corrected chi connectivity index (χ2v) is 22.7. The van der Waals surface area contributed by atoms with Crippen LogP contribution in [0.15, 0.2) is 0 Å². The molecule has 0 aliphatic carbocycles. The summed E-state index contributed by atoms with van der Waals surface area (Å²) in [5.41, 5.74) is 0. The van der Waals surface area contributed by atoms with E-state index >= 15 is 0 Å². The maximum absolute atomic E-state index is 12.7. The Hall–Kier alpha value is -2.12. The van der Waals surface area contributed by atoms with Crippen molar-refractivity contribution in [1.29, 1.82) is 0 Å². The van der Waals surface area contributed by atoms with Gasteiger partial charge in [-0.2, -0.15) is 0 Å². The fourth-order valence-corrected chi connectivity index (χ4v) is 10.2. The van der Waals surface area contributed by atoms with Crippen molar-refractivity contribution in [3.05, 3.63) is 0 Å².